The normalized spacial score (nSPS) is 18.7. The highest BCUT2D eigenvalue weighted by Crippen LogP contribution is 2.30. The second-order valence-corrected chi connectivity index (χ2v) is 4.81. The Bertz CT molecular complexity index is 571. The molecule has 2 N–H and O–H groups in total. The average molecular weight is 245 g/mol. The van der Waals surface area contributed by atoms with E-state index in [4.69, 9.17) is 5.73 Å². The maximum absolute atomic E-state index is 12.9. The summed E-state index contributed by atoms with van der Waals surface area (Å²) in [4.78, 5) is 4.65. The largest absolute Gasteiger partial charge is 0.330 e. The molecule has 18 heavy (non-hydrogen) atoms. The fourth-order valence-electron chi connectivity index (χ4n) is 2.60. The van der Waals surface area contributed by atoms with E-state index >= 15 is 0 Å². The average Bonchev–Trinajstić information content (AvgIpc) is 2.70. The van der Waals surface area contributed by atoms with Crippen molar-refractivity contribution in [3.8, 4) is 11.3 Å². The Kier molecular flexibility index (Phi) is 2.67. The molecule has 1 atom stereocenters. The summed E-state index contributed by atoms with van der Waals surface area (Å²) in [6.07, 6.45) is 2.08. The van der Waals surface area contributed by atoms with E-state index in [-0.39, 0.29) is 11.9 Å². The van der Waals surface area contributed by atoms with Gasteiger partial charge in [-0.3, -0.25) is 0 Å². The van der Waals surface area contributed by atoms with Crippen LogP contribution in [0.25, 0.3) is 11.3 Å². The van der Waals surface area contributed by atoms with Crippen molar-refractivity contribution in [2.75, 3.05) is 0 Å². The number of hydrogen-bond donors (Lipinski definition) is 1. The monoisotopic (exact) mass is 245 g/mol. The molecule has 0 aliphatic carbocycles. The molecule has 94 valence electrons. The molecule has 0 spiro atoms. The molecule has 1 aromatic heterocycles. The van der Waals surface area contributed by atoms with Gasteiger partial charge in [-0.1, -0.05) is 0 Å². The van der Waals surface area contributed by atoms with Gasteiger partial charge in [0.2, 0.25) is 0 Å². The Morgan fingerprint density at radius 2 is 2.06 bits per heavy atom. The Hall–Kier alpha value is -1.68. The summed E-state index contributed by atoms with van der Waals surface area (Å²) in [5.74, 6) is 0.732. The molecule has 0 bridgehead atoms. The standard InChI is InChI=1S/C14H16FN3/c1-9-13(10-4-6-11(15)7-5-10)17-14-12(16)3-2-8-18(9)14/h4-7,12H,2-3,8,16H2,1H3. The SMILES string of the molecule is Cc1c(-c2ccc(F)cc2)nc2n1CCCC2N. The number of nitrogens with zero attached hydrogens (tertiary/aromatic N) is 2. The number of aromatic nitrogens is 2. The van der Waals surface area contributed by atoms with E-state index in [2.05, 4.69) is 9.55 Å². The van der Waals surface area contributed by atoms with Crippen molar-refractivity contribution >= 4 is 0 Å². The third kappa shape index (κ3) is 1.73. The highest BCUT2D eigenvalue weighted by atomic mass is 19.1. The first-order valence-corrected chi connectivity index (χ1v) is 6.25. The molecule has 0 amide bonds. The lowest BCUT2D eigenvalue weighted by molar-refractivity contribution is 0.446. The fraction of sp³-hybridized carbons (Fsp3) is 0.357. The minimum atomic E-state index is -0.225. The van der Waals surface area contributed by atoms with Gasteiger partial charge in [-0.25, -0.2) is 9.37 Å². The van der Waals surface area contributed by atoms with Crippen molar-refractivity contribution in [1.29, 1.82) is 0 Å². The first-order valence-electron chi connectivity index (χ1n) is 6.25. The summed E-state index contributed by atoms with van der Waals surface area (Å²) in [6.45, 7) is 3.02. The highest BCUT2D eigenvalue weighted by Gasteiger charge is 2.23. The lowest BCUT2D eigenvalue weighted by Crippen LogP contribution is -2.22. The van der Waals surface area contributed by atoms with Crippen LogP contribution in [0.1, 0.15) is 30.4 Å². The number of fused-ring (bicyclic) bond motifs is 1. The molecule has 4 heteroatoms. The van der Waals surface area contributed by atoms with Gasteiger partial charge in [0.25, 0.3) is 0 Å². The van der Waals surface area contributed by atoms with E-state index < -0.39 is 0 Å². The Balaban J connectivity index is 2.10. The zero-order valence-electron chi connectivity index (χ0n) is 10.4. The molecule has 1 aliphatic rings. The lowest BCUT2D eigenvalue weighted by Gasteiger charge is -2.20. The van der Waals surface area contributed by atoms with Crippen molar-refractivity contribution in [2.45, 2.75) is 32.4 Å². The first kappa shape index (κ1) is 11.4. The Morgan fingerprint density at radius 3 is 2.72 bits per heavy atom. The van der Waals surface area contributed by atoms with Crippen molar-refractivity contribution < 1.29 is 4.39 Å². The number of halogens is 1. The second-order valence-electron chi connectivity index (χ2n) is 4.81. The third-order valence-electron chi connectivity index (χ3n) is 3.60. The van der Waals surface area contributed by atoms with Crippen molar-refractivity contribution in [3.63, 3.8) is 0 Å². The Labute approximate surface area is 105 Å². The molecule has 3 rings (SSSR count). The van der Waals surface area contributed by atoms with Gasteiger partial charge in [-0.05, 0) is 44.0 Å². The van der Waals surface area contributed by atoms with Crippen LogP contribution in [0.4, 0.5) is 4.39 Å². The van der Waals surface area contributed by atoms with Crippen LogP contribution in [0.2, 0.25) is 0 Å². The summed E-state index contributed by atoms with van der Waals surface area (Å²) in [6, 6.07) is 6.48. The van der Waals surface area contributed by atoms with Crippen molar-refractivity contribution in [2.24, 2.45) is 5.73 Å². The summed E-state index contributed by atoms with van der Waals surface area (Å²) in [5.41, 5.74) is 9.07. The van der Waals surface area contributed by atoms with Crippen LogP contribution in [0, 0.1) is 12.7 Å². The molecule has 0 fully saturated rings. The maximum Gasteiger partial charge on any atom is 0.126 e. The van der Waals surface area contributed by atoms with E-state index in [0.717, 1.165) is 42.2 Å². The van der Waals surface area contributed by atoms with Crippen LogP contribution >= 0.6 is 0 Å². The summed E-state index contributed by atoms with van der Waals surface area (Å²) in [7, 11) is 0. The predicted molar refractivity (Wildman–Crippen MR) is 68.5 cm³/mol. The van der Waals surface area contributed by atoms with Crippen LogP contribution in [0.15, 0.2) is 24.3 Å². The number of nitrogens with two attached hydrogens (primary N) is 1. The molecule has 1 aliphatic heterocycles. The predicted octanol–water partition coefficient (Wildman–Crippen LogP) is 2.79. The van der Waals surface area contributed by atoms with Crippen LogP contribution in [-0.2, 0) is 6.54 Å². The Morgan fingerprint density at radius 1 is 1.33 bits per heavy atom. The smallest absolute Gasteiger partial charge is 0.126 e. The summed E-state index contributed by atoms with van der Waals surface area (Å²) in [5, 5.41) is 0. The van der Waals surface area contributed by atoms with Gasteiger partial charge in [0.1, 0.15) is 11.6 Å². The first-order chi connectivity index (χ1) is 8.66. The van der Waals surface area contributed by atoms with Crippen LogP contribution in [-0.4, -0.2) is 9.55 Å². The van der Waals surface area contributed by atoms with Gasteiger partial charge in [0.05, 0.1) is 11.7 Å². The van der Waals surface area contributed by atoms with E-state index in [1.165, 1.54) is 12.1 Å². The summed E-state index contributed by atoms with van der Waals surface area (Å²) < 4.78 is 15.1. The highest BCUT2D eigenvalue weighted by molar-refractivity contribution is 5.62. The van der Waals surface area contributed by atoms with E-state index in [1.807, 2.05) is 6.92 Å². The quantitative estimate of drug-likeness (QED) is 0.839. The number of hydrogen-bond acceptors (Lipinski definition) is 2. The molecule has 2 aromatic rings. The minimum absolute atomic E-state index is 0.0200. The van der Waals surface area contributed by atoms with E-state index in [0.29, 0.717) is 0 Å². The van der Waals surface area contributed by atoms with E-state index in [1.54, 1.807) is 12.1 Å². The zero-order valence-corrected chi connectivity index (χ0v) is 10.4. The molecule has 0 saturated carbocycles. The third-order valence-corrected chi connectivity index (χ3v) is 3.60. The molecule has 0 saturated heterocycles. The van der Waals surface area contributed by atoms with Gasteiger partial charge in [0.15, 0.2) is 0 Å². The molecule has 3 nitrogen and oxygen atoms in total. The van der Waals surface area contributed by atoms with Gasteiger partial charge in [-0.15, -0.1) is 0 Å². The fourth-order valence-corrected chi connectivity index (χ4v) is 2.60. The zero-order chi connectivity index (χ0) is 12.7. The number of rotatable bonds is 1. The molecule has 2 heterocycles. The van der Waals surface area contributed by atoms with E-state index in [9.17, 15) is 4.39 Å². The summed E-state index contributed by atoms with van der Waals surface area (Å²) >= 11 is 0. The van der Waals surface area contributed by atoms with Crippen molar-refractivity contribution in [3.05, 3.63) is 41.6 Å². The van der Waals surface area contributed by atoms with Gasteiger partial charge < -0.3 is 10.3 Å². The van der Waals surface area contributed by atoms with Crippen LogP contribution < -0.4 is 5.73 Å². The number of imidazole rings is 1. The lowest BCUT2D eigenvalue weighted by atomic mass is 10.1. The maximum atomic E-state index is 12.9. The molecular formula is C14H16FN3. The van der Waals surface area contributed by atoms with Gasteiger partial charge in [-0.2, -0.15) is 0 Å². The van der Waals surface area contributed by atoms with Gasteiger partial charge in [0, 0.05) is 17.8 Å². The minimum Gasteiger partial charge on any atom is -0.330 e. The molecule has 1 unspecified atom stereocenters. The number of benzene rings is 1. The van der Waals surface area contributed by atoms with Crippen LogP contribution in [0.5, 0.6) is 0 Å². The molecule has 1 aromatic carbocycles. The molecule has 0 radical (unpaired) electrons. The second kappa shape index (κ2) is 4.21. The van der Waals surface area contributed by atoms with Crippen molar-refractivity contribution in [1.82, 2.24) is 9.55 Å². The topological polar surface area (TPSA) is 43.8 Å². The van der Waals surface area contributed by atoms with Gasteiger partial charge >= 0.3 is 0 Å². The van der Waals surface area contributed by atoms with Crippen LogP contribution in [0.3, 0.4) is 0 Å². The molecular weight excluding hydrogens is 229 g/mol.